The van der Waals surface area contributed by atoms with Gasteiger partial charge in [0.15, 0.2) is 0 Å². The molecule has 2 aromatic rings. The van der Waals surface area contributed by atoms with Gasteiger partial charge in [-0.1, -0.05) is 37.3 Å². The molecule has 0 spiro atoms. The number of halogens is 3. The molecule has 0 fully saturated rings. The highest BCUT2D eigenvalue weighted by Gasteiger charge is 2.32. The van der Waals surface area contributed by atoms with Crippen molar-refractivity contribution in [3.8, 4) is 0 Å². The lowest BCUT2D eigenvalue weighted by Gasteiger charge is -2.30. The normalized spacial score (nSPS) is 12.6. The zero-order valence-corrected chi connectivity index (χ0v) is 22.3. The Morgan fingerprint density at radius 1 is 1.08 bits per heavy atom. The lowest BCUT2D eigenvalue weighted by atomic mass is 10.1. The zero-order valence-electron chi connectivity index (χ0n) is 21.5. The lowest BCUT2D eigenvalue weighted by molar-refractivity contribution is -0.140. The molecule has 0 bridgehead atoms. The second-order valence-corrected chi connectivity index (χ2v) is 10.8. The van der Waals surface area contributed by atoms with Crippen LogP contribution in [0.2, 0.25) is 0 Å². The Hall–Kier alpha value is -3.08. The number of carbonyl (C=O) groups excluding carboxylic acids is 2. The number of carbonyl (C=O) groups is 2. The van der Waals surface area contributed by atoms with E-state index < -0.39 is 27.8 Å². The predicted octanol–water partition coefficient (Wildman–Crippen LogP) is 4.50. The van der Waals surface area contributed by atoms with Gasteiger partial charge in [0.25, 0.3) is 0 Å². The molecule has 0 unspecified atom stereocenters. The maximum absolute atomic E-state index is 13.3. The second kappa shape index (κ2) is 12.9. The first-order valence-corrected chi connectivity index (χ1v) is 13.9. The molecule has 0 saturated heterocycles. The first kappa shape index (κ1) is 30.1. The average molecular weight is 542 g/mol. The highest BCUT2D eigenvalue weighted by Crippen LogP contribution is 2.32. The van der Waals surface area contributed by atoms with Crippen molar-refractivity contribution in [1.82, 2.24) is 10.2 Å². The highest BCUT2D eigenvalue weighted by molar-refractivity contribution is 7.92. The molecule has 0 aliphatic rings. The maximum atomic E-state index is 13.3. The molecule has 0 aromatic heterocycles. The van der Waals surface area contributed by atoms with Crippen molar-refractivity contribution in [2.45, 2.75) is 58.8 Å². The molecular weight excluding hydrogens is 507 g/mol. The summed E-state index contributed by atoms with van der Waals surface area (Å²) in [4.78, 5) is 27.4. The Kier molecular flexibility index (Phi) is 10.5. The van der Waals surface area contributed by atoms with Gasteiger partial charge in [0, 0.05) is 26.1 Å². The number of amides is 2. The number of alkyl halides is 3. The van der Waals surface area contributed by atoms with Crippen LogP contribution in [0.4, 0.5) is 18.9 Å². The lowest BCUT2D eigenvalue weighted by Crippen LogP contribution is -2.48. The number of hydrogen-bond acceptors (Lipinski definition) is 4. The van der Waals surface area contributed by atoms with Crippen molar-refractivity contribution >= 4 is 27.5 Å². The summed E-state index contributed by atoms with van der Waals surface area (Å²) in [7, 11) is -3.92. The van der Waals surface area contributed by atoms with E-state index in [9.17, 15) is 31.2 Å². The fourth-order valence-corrected chi connectivity index (χ4v) is 4.75. The van der Waals surface area contributed by atoms with Crippen molar-refractivity contribution in [2.24, 2.45) is 0 Å². The topological polar surface area (TPSA) is 86.8 Å². The molecule has 2 amide bonds. The van der Waals surface area contributed by atoms with Gasteiger partial charge in [-0.3, -0.25) is 13.9 Å². The summed E-state index contributed by atoms with van der Waals surface area (Å²) in [6, 6.07) is 10.8. The van der Waals surface area contributed by atoms with Gasteiger partial charge in [0.2, 0.25) is 21.8 Å². The van der Waals surface area contributed by atoms with E-state index >= 15 is 0 Å². The van der Waals surface area contributed by atoms with E-state index in [0.29, 0.717) is 6.54 Å². The first-order valence-electron chi connectivity index (χ1n) is 12.0. The van der Waals surface area contributed by atoms with Crippen molar-refractivity contribution in [1.29, 1.82) is 0 Å². The van der Waals surface area contributed by atoms with Gasteiger partial charge in [-0.2, -0.15) is 13.2 Å². The van der Waals surface area contributed by atoms with Crippen LogP contribution in [0.1, 0.15) is 49.8 Å². The third-order valence-corrected chi connectivity index (χ3v) is 7.13. The smallest absolute Gasteiger partial charge is 0.354 e. The number of nitrogens with zero attached hydrogens (tertiary/aromatic N) is 2. The Morgan fingerprint density at radius 2 is 1.76 bits per heavy atom. The fraction of sp³-hybridized carbons (Fsp3) is 0.462. The summed E-state index contributed by atoms with van der Waals surface area (Å²) in [6.45, 7) is 5.91. The number of aryl methyl sites for hydroxylation is 1. The molecule has 2 rings (SSSR count). The number of nitrogens with one attached hydrogen (secondary N) is 1. The number of rotatable bonds is 12. The Balaban J connectivity index is 2.21. The van der Waals surface area contributed by atoms with Crippen molar-refractivity contribution in [3.63, 3.8) is 0 Å². The molecule has 7 nitrogen and oxygen atoms in total. The molecule has 37 heavy (non-hydrogen) atoms. The monoisotopic (exact) mass is 541 g/mol. The summed E-state index contributed by atoms with van der Waals surface area (Å²) in [6.07, 6.45) is -3.03. The molecule has 0 radical (unpaired) electrons. The molecule has 0 aliphatic heterocycles. The minimum Gasteiger partial charge on any atom is -0.354 e. The van der Waals surface area contributed by atoms with Crippen LogP contribution in [-0.4, -0.2) is 50.5 Å². The molecule has 204 valence electrons. The van der Waals surface area contributed by atoms with E-state index in [2.05, 4.69) is 5.32 Å². The van der Waals surface area contributed by atoms with Crippen molar-refractivity contribution < 1.29 is 31.2 Å². The molecule has 0 saturated carbocycles. The number of sulfonamides is 1. The largest absolute Gasteiger partial charge is 0.416 e. The molecule has 11 heteroatoms. The van der Waals surface area contributed by atoms with Crippen LogP contribution in [0.3, 0.4) is 0 Å². The minimum atomic E-state index is -4.63. The van der Waals surface area contributed by atoms with E-state index in [4.69, 9.17) is 0 Å². The molecular formula is C26H34F3N3O4S. The van der Waals surface area contributed by atoms with Crippen LogP contribution < -0.4 is 9.62 Å². The van der Waals surface area contributed by atoms with Gasteiger partial charge in [0.05, 0.1) is 17.5 Å². The van der Waals surface area contributed by atoms with E-state index in [1.165, 1.54) is 11.0 Å². The van der Waals surface area contributed by atoms with Crippen molar-refractivity contribution in [3.05, 3.63) is 65.2 Å². The van der Waals surface area contributed by atoms with Crippen LogP contribution in [-0.2, 0) is 32.3 Å². The standard InChI is InChI=1S/C26H34F3N3O4S/c1-5-15-30-25(34)20(3)31(18-21-11-7-6-10-19(21)2)24(33)14-9-16-32(37(4,35)36)23-13-8-12-22(17-23)26(27,28)29/h6-8,10-13,17,20H,5,9,14-16,18H2,1-4H3,(H,30,34)/t20-/m0/s1. The fourth-order valence-electron chi connectivity index (χ4n) is 3.79. The molecule has 1 atom stereocenters. The highest BCUT2D eigenvalue weighted by atomic mass is 32.2. The third kappa shape index (κ3) is 8.77. The van der Waals surface area contributed by atoms with Crippen LogP contribution in [0.15, 0.2) is 48.5 Å². The number of benzene rings is 2. The summed E-state index contributed by atoms with van der Waals surface area (Å²) in [5, 5.41) is 2.79. The van der Waals surface area contributed by atoms with Crippen LogP contribution in [0.25, 0.3) is 0 Å². The summed E-state index contributed by atoms with van der Waals surface area (Å²) >= 11 is 0. The van der Waals surface area contributed by atoms with Crippen LogP contribution in [0.5, 0.6) is 0 Å². The first-order chi connectivity index (χ1) is 17.3. The molecule has 0 heterocycles. The summed E-state index contributed by atoms with van der Waals surface area (Å²) in [5.74, 6) is -0.662. The van der Waals surface area contributed by atoms with Crippen LogP contribution in [0, 0.1) is 6.92 Å². The van der Waals surface area contributed by atoms with E-state index in [1.807, 2.05) is 38.1 Å². The van der Waals surface area contributed by atoms with Crippen molar-refractivity contribution in [2.75, 3.05) is 23.7 Å². The minimum absolute atomic E-state index is 0.0513. The Bertz CT molecular complexity index is 1190. The number of anilines is 1. The molecule has 2 aromatic carbocycles. The third-order valence-electron chi connectivity index (χ3n) is 5.93. The zero-order chi connectivity index (χ0) is 27.8. The molecule has 0 aliphatic carbocycles. The van der Waals surface area contributed by atoms with Gasteiger partial charge in [0.1, 0.15) is 6.04 Å². The Morgan fingerprint density at radius 3 is 2.35 bits per heavy atom. The van der Waals surface area contributed by atoms with Gasteiger partial charge in [-0.05, 0) is 56.0 Å². The quantitative estimate of drug-likeness (QED) is 0.429. The van der Waals surface area contributed by atoms with Crippen LogP contribution >= 0.6 is 0 Å². The second-order valence-electron chi connectivity index (χ2n) is 8.90. The SMILES string of the molecule is CCCNC(=O)[C@H](C)N(Cc1ccccc1C)C(=O)CCCN(c1cccc(C(F)(F)F)c1)S(C)(=O)=O. The van der Waals surface area contributed by atoms with E-state index in [0.717, 1.165) is 46.3 Å². The van der Waals surface area contributed by atoms with Gasteiger partial charge in [-0.15, -0.1) is 0 Å². The Labute approximate surface area is 216 Å². The van der Waals surface area contributed by atoms with Gasteiger partial charge < -0.3 is 10.2 Å². The van der Waals surface area contributed by atoms with Gasteiger partial charge >= 0.3 is 6.18 Å². The summed E-state index contributed by atoms with van der Waals surface area (Å²) in [5.41, 5.74) is 0.724. The van der Waals surface area contributed by atoms with E-state index in [-0.39, 0.29) is 43.4 Å². The molecule has 1 N–H and O–H groups in total. The number of hydrogen-bond donors (Lipinski definition) is 1. The van der Waals surface area contributed by atoms with Gasteiger partial charge in [-0.25, -0.2) is 8.42 Å². The van der Waals surface area contributed by atoms with E-state index in [1.54, 1.807) is 6.92 Å². The average Bonchev–Trinajstić information content (AvgIpc) is 2.82. The maximum Gasteiger partial charge on any atom is 0.416 e. The summed E-state index contributed by atoms with van der Waals surface area (Å²) < 4.78 is 65.1. The predicted molar refractivity (Wildman–Crippen MR) is 137 cm³/mol.